The Bertz CT molecular complexity index is 681. The Morgan fingerprint density at radius 1 is 0.880 bits per heavy atom. The molecule has 132 valence electrons. The fourth-order valence-corrected chi connectivity index (χ4v) is 4.61. The maximum absolute atomic E-state index is 13.2. The number of piperazine rings is 1. The van der Waals surface area contributed by atoms with Crippen LogP contribution < -0.4 is 0 Å². The molecule has 0 unspecified atom stereocenters. The average molecular weight is 340 g/mol. The first-order valence-electron chi connectivity index (χ1n) is 9.39. The second kappa shape index (κ2) is 6.62. The molecule has 5 nitrogen and oxygen atoms in total. The van der Waals surface area contributed by atoms with Gasteiger partial charge in [0.1, 0.15) is 12.1 Å². The molecule has 2 heterocycles. The van der Waals surface area contributed by atoms with E-state index in [0.717, 1.165) is 31.2 Å². The van der Waals surface area contributed by atoms with Gasteiger partial charge >= 0.3 is 0 Å². The molecule has 0 N–H and O–H groups in total. The van der Waals surface area contributed by atoms with Crippen molar-refractivity contribution in [1.82, 2.24) is 9.80 Å². The van der Waals surface area contributed by atoms with Crippen molar-refractivity contribution in [3.63, 3.8) is 0 Å². The van der Waals surface area contributed by atoms with Gasteiger partial charge in [-0.3, -0.25) is 19.3 Å². The Labute approximate surface area is 148 Å². The lowest BCUT2D eigenvalue weighted by Crippen LogP contribution is -2.66. The molecule has 2 aliphatic heterocycles. The number of fused-ring (bicyclic) bond motifs is 1. The van der Waals surface area contributed by atoms with Gasteiger partial charge in [-0.15, -0.1) is 0 Å². The number of hydrogen-bond acceptors (Lipinski definition) is 3. The second-order valence-electron chi connectivity index (χ2n) is 7.40. The minimum absolute atomic E-state index is 0.0184. The zero-order valence-corrected chi connectivity index (χ0v) is 14.4. The lowest BCUT2D eigenvalue weighted by molar-refractivity contribution is -0.166. The topological polar surface area (TPSA) is 57.7 Å². The Morgan fingerprint density at radius 3 is 2.32 bits per heavy atom. The number of hydrogen-bond donors (Lipinski definition) is 0. The Kier molecular flexibility index (Phi) is 4.32. The second-order valence-corrected chi connectivity index (χ2v) is 7.40. The highest BCUT2D eigenvalue weighted by Crippen LogP contribution is 2.34. The summed E-state index contributed by atoms with van der Waals surface area (Å²) in [5.74, 6) is -0.379. The van der Waals surface area contributed by atoms with Gasteiger partial charge in [0.15, 0.2) is 0 Å². The quantitative estimate of drug-likeness (QED) is 0.793. The van der Waals surface area contributed by atoms with Crippen LogP contribution in [0.25, 0.3) is 0 Å². The summed E-state index contributed by atoms with van der Waals surface area (Å²) in [5, 5.41) is 0. The normalized spacial score (nSPS) is 27.8. The predicted molar refractivity (Wildman–Crippen MR) is 92.5 cm³/mol. The summed E-state index contributed by atoms with van der Waals surface area (Å²) in [7, 11) is 0. The summed E-state index contributed by atoms with van der Waals surface area (Å²) >= 11 is 0. The Hall–Kier alpha value is -2.17. The minimum Gasteiger partial charge on any atom is -0.318 e. The van der Waals surface area contributed by atoms with Gasteiger partial charge in [0.2, 0.25) is 5.91 Å². The van der Waals surface area contributed by atoms with E-state index in [1.165, 1.54) is 11.3 Å². The van der Waals surface area contributed by atoms with Crippen molar-refractivity contribution >= 4 is 17.7 Å². The van der Waals surface area contributed by atoms with E-state index in [4.69, 9.17) is 0 Å². The lowest BCUT2D eigenvalue weighted by atomic mass is 9.90. The van der Waals surface area contributed by atoms with Crippen LogP contribution in [-0.4, -0.2) is 45.6 Å². The smallest absolute Gasteiger partial charge is 0.252 e. The monoisotopic (exact) mass is 340 g/mol. The number of benzene rings is 1. The van der Waals surface area contributed by atoms with E-state index in [9.17, 15) is 14.4 Å². The van der Waals surface area contributed by atoms with E-state index < -0.39 is 12.1 Å². The first kappa shape index (κ1) is 16.3. The highest BCUT2D eigenvalue weighted by atomic mass is 16.2. The van der Waals surface area contributed by atoms with Gasteiger partial charge in [0.25, 0.3) is 11.8 Å². The first-order chi connectivity index (χ1) is 12.2. The molecule has 4 rings (SSSR count). The molecule has 2 atom stereocenters. The van der Waals surface area contributed by atoms with Crippen molar-refractivity contribution in [2.75, 3.05) is 0 Å². The number of carbonyl (C=O) groups excluding carboxylic acids is 3. The summed E-state index contributed by atoms with van der Waals surface area (Å²) in [4.78, 5) is 41.7. The fraction of sp³-hybridized carbons (Fsp3) is 0.550. The van der Waals surface area contributed by atoms with Crippen molar-refractivity contribution in [3.05, 3.63) is 35.9 Å². The van der Waals surface area contributed by atoms with E-state index in [-0.39, 0.29) is 23.8 Å². The molecular weight excluding hydrogens is 316 g/mol. The van der Waals surface area contributed by atoms with Gasteiger partial charge in [-0.2, -0.15) is 0 Å². The molecular formula is C20H24N2O3. The summed E-state index contributed by atoms with van der Waals surface area (Å²) in [6.07, 6.45) is 6.50. The highest BCUT2D eigenvalue weighted by Gasteiger charge is 2.52. The van der Waals surface area contributed by atoms with Gasteiger partial charge in [-0.25, -0.2) is 0 Å². The van der Waals surface area contributed by atoms with Crippen LogP contribution in [0, 0.1) is 0 Å². The summed E-state index contributed by atoms with van der Waals surface area (Å²) in [5.41, 5.74) is 1.03. The highest BCUT2D eigenvalue weighted by molar-refractivity contribution is 6.07. The van der Waals surface area contributed by atoms with E-state index in [1.807, 2.05) is 30.3 Å². The van der Waals surface area contributed by atoms with Gasteiger partial charge < -0.3 is 4.90 Å². The van der Waals surface area contributed by atoms with Gasteiger partial charge in [0.05, 0.1) is 0 Å². The van der Waals surface area contributed by atoms with Crippen molar-refractivity contribution in [2.24, 2.45) is 0 Å². The number of imide groups is 1. The molecule has 3 aliphatic rings. The summed E-state index contributed by atoms with van der Waals surface area (Å²) in [6, 6.07) is 8.81. The van der Waals surface area contributed by atoms with E-state index in [2.05, 4.69) is 0 Å². The number of nitrogens with zero attached hydrogens (tertiary/aromatic N) is 2. The van der Waals surface area contributed by atoms with Crippen molar-refractivity contribution < 1.29 is 14.4 Å². The summed E-state index contributed by atoms with van der Waals surface area (Å²) in [6.45, 7) is 0. The molecule has 0 spiro atoms. The number of rotatable bonds is 3. The van der Waals surface area contributed by atoms with Crippen molar-refractivity contribution in [3.8, 4) is 0 Å². The molecule has 2 saturated heterocycles. The third kappa shape index (κ3) is 2.86. The largest absolute Gasteiger partial charge is 0.318 e. The third-order valence-corrected chi connectivity index (χ3v) is 5.85. The zero-order chi connectivity index (χ0) is 17.4. The van der Waals surface area contributed by atoms with Crippen molar-refractivity contribution in [1.29, 1.82) is 0 Å². The van der Waals surface area contributed by atoms with Crippen LogP contribution in [0.4, 0.5) is 0 Å². The molecule has 25 heavy (non-hydrogen) atoms. The SMILES string of the molecule is O=C1[C@@H]2CCC(=O)N2[C@@H](Cc2ccccc2)C(=O)N1C1CCCCC1. The molecule has 0 radical (unpaired) electrons. The molecule has 0 aromatic heterocycles. The van der Waals surface area contributed by atoms with Crippen LogP contribution in [0.3, 0.4) is 0 Å². The van der Waals surface area contributed by atoms with Crippen LogP contribution >= 0.6 is 0 Å². The minimum atomic E-state index is -0.540. The van der Waals surface area contributed by atoms with Gasteiger partial charge in [0, 0.05) is 18.9 Å². The van der Waals surface area contributed by atoms with Gasteiger partial charge in [-0.1, -0.05) is 49.6 Å². The molecule has 3 fully saturated rings. The fourth-order valence-electron chi connectivity index (χ4n) is 4.61. The molecule has 0 bridgehead atoms. The molecule has 1 saturated carbocycles. The van der Waals surface area contributed by atoms with Crippen LogP contribution in [0.1, 0.15) is 50.5 Å². The first-order valence-corrected chi connectivity index (χ1v) is 9.39. The average Bonchev–Trinajstić information content (AvgIpc) is 3.03. The molecule has 1 aromatic carbocycles. The number of carbonyl (C=O) groups is 3. The molecule has 1 aliphatic carbocycles. The Morgan fingerprint density at radius 2 is 1.60 bits per heavy atom. The third-order valence-electron chi connectivity index (χ3n) is 5.85. The maximum atomic E-state index is 13.2. The predicted octanol–water partition coefficient (Wildman–Crippen LogP) is 2.29. The zero-order valence-electron chi connectivity index (χ0n) is 14.4. The summed E-state index contributed by atoms with van der Waals surface area (Å²) < 4.78 is 0. The van der Waals surface area contributed by atoms with Crippen LogP contribution in [0.2, 0.25) is 0 Å². The van der Waals surface area contributed by atoms with Crippen molar-refractivity contribution in [2.45, 2.75) is 69.5 Å². The standard InChI is InChI=1S/C20H24N2O3/c23-18-12-11-16-19(24)21(15-9-5-2-6-10-15)20(25)17(22(16)18)13-14-7-3-1-4-8-14/h1,3-4,7-8,15-17H,2,5-6,9-13H2/t16-,17-/m0/s1. The maximum Gasteiger partial charge on any atom is 0.252 e. The lowest BCUT2D eigenvalue weighted by Gasteiger charge is -2.45. The van der Waals surface area contributed by atoms with Crippen LogP contribution in [-0.2, 0) is 20.8 Å². The molecule has 3 amide bonds. The molecule has 5 heteroatoms. The molecule has 1 aromatic rings. The van der Waals surface area contributed by atoms with E-state index in [1.54, 1.807) is 4.90 Å². The van der Waals surface area contributed by atoms with Crippen LogP contribution in [0.5, 0.6) is 0 Å². The van der Waals surface area contributed by atoms with Gasteiger partial charge in [-0.05, 0) is 24.8 Å². The number of amides is 3. The van der Waals surface area contributed by atoms with E-state index in [0.29, 0.717) is 19.3 Å². The van der Waals surface area contributed by atoms with Crippen LogP contribution in [0.15, 0.2) is 30.3 Å². The Balaban J connectivity index is 1.65. The van der Waals surface area contributed by atoms with E-state index >= 15 is 0 Å².